The molecule has 0 spiro atoms. The zero-order chi connectivity index (χ0) is 14.5. The highest BCUT2D eigenvalue weighted by Crippen LogP contribution is 2.23. The maximum absolute atomic E-state index is 12.1. The SMILES string of the molecule is COc1cc(Br)ccc1C(=O)NCCc1cnn(C)c1. The average molecular weight is 338 g/mol. The van der Waals surface area contributed by atoms with Crippen molar-refractivity contribution in [3.05, 3.63) is 46.2 Å². The summed E-state index contributed by atoms with van der Waals surface area (Å²) in [5.41, 5.74) is 1.62. The Kier molecular flexibility index (Phi) is 4.79. The van der Waals surface area contributed by atoms with Gasteiger partial charge in [0.05, 0.1) is 18.9 Å². The molecule has 0 bridgehead atoms. The Bertz CT molecular complexity index is 610. The fraction of sp³-hybridized carbons (Fsp3) is 0.286. The van der Waals surface area contributed by atoms with Crippen molar-refractivity contribution >= 4 is 21.8 Å². The first kappa shape index (κ1) is 14.6. The van der Waals surface area contributed by atoms with E-state index in [4.69, 9.17) is 4.74 Å². The lowest BCUT2D eigenvalue weighted by molar-refractivity contribution is 0.0951. The molecule has 0 radical (unpaired) electrons. The quantitative estimate of drug-likeness (QED) is 0.909. The van der Waals surface area contributed by atoms with Gasteiger partial charge in [0.1, 0.15) is 5.75 Å². The number of carbonyl (C=O) groups excluding carboxylic acids is 1. The van der Waals surface area contributed by atoms with Crippen LogP contribution in [0.15, 0.2) is 35.1 Å². The molecule has 106 valence electrons. The van der Waals surface area contributed by atoms with Crippen LogP contribution in [0.1, 0.15) is 15.9 Å². The number of methoxy groups -OCH3 is 1. The zero-order valence-electron chi connectivity index (χ0n) is 11.4. The number of benzene rings is 1. The molecule has 1 amide bonds. The van der Waals surface area contributed by atoms with Gasteiger partial charge in [-0.25, -0.2) is 0 Å². The zero-order valence-corrected chi connectivity index (χ0v) is 13.0. The first-order chi connectivity index (χ1) is 9.60. The van der Waals surface area contributed by atoms with Crippen molar-refractivity contribution in [2.45, 2.75) is 6.42 Å². The van der Waals surface area contributed by atoms with Crippen molar-refractivity contribution in [1.29, 1.82) is 0 Å². The summed E-state index contributed by atoms with van der Waals surface area (Å²) in [7, 11) is 3.42. The van der Waals surface area contributed by atoms with E-state index in [9.17, 15) is 4.79 Å². The minimum Gasteiger partial charge on any atom is -0.496 e. The lowest BCUT2D eigenvalue weighted by Crippen LogP contribution is -2.26. The molecule has 20 heavy (non-hydrogen) atoms. The molecule has 0 aliphatic heterocycles. The number of carbonyl (C=O) groups is 1. The van der Waals surface area contributed by atoms with Crippen LogP contribution in [0.2, 0.25) is 0 Å². The summed E-state index contributed by atoms with van der Waals surface area (Å²) >= 11 is 3.35. The molecule has 0 saturated carbocycles. The van der Waals surface area contributed by atoms with E-state index >= 15 is 0 Å². The topological polar surface area (TPSA) is 56.1 Å². The highest BCUT2D eigenvalue weighted by Gasteiger charge is 2.12. The fourth-order valence-electron chi connectivity index (χ4n) is 1.87. The molecule has 5 nitrogen and oxygen atoms in total. The predicted octanol–water partition coefficient (Wildman–Crippen LogP) is 2.16. The second-order valence-electron chi connectivity index (χ2n) is 4.37. The van der Waals surface area contributed by atoms with Crippen LogP contribution in [0.3, 0.4) is 0 Å². The van der Waals surface area contributed by atoms with Crippen LogP contribution in [-0.4, -0.2) is 29.3 Å². The van der Waals surface area contributed by atoms with Crippen molar-refractivity contribution in [3.63, 3.8) is 0 Å². The Labute approximate surface area is 126 Å². The van der Waals surface area contributed by atoms with Gasteiger partial charge in [0.2, 0.25) is 0 Å². The number of aromatic nitrogens is 2. The Morgan fingerprint density at radius 3 is 2.95 bits per heavy atom. The summed E-state index contributed by atoms with van der Waals surface area (Å²) in [5, 5.41) is 6.97. The molecule has 0 aliphatic rings. The van der Waals surface area contributed by atoms with E-state index in [2.05, 4.69) is 26.3 Å². The average Bonchev–Trinajstić information content (AvgIpc) is 2.84. The largest absolute Gasteiger partial charge is 0.496 e. The number of aryl methyl sites for hydroxylation is 1. The van der Waals surface area contributed by atoms with Crippen LogP contribution in [0.25, 0.3) is 0 Å². The van der Waals surface area contributed by atoms with E-state index < -0.39 is 0 Å². The lowest BCUT2D eigenvalue weighted by Gasteiger charge is -2.09. The Morgan fingerprint density at radius 2 is 2.30 bits per heavy atom. The summed E-state index contributed by atoms with van der Waals surface area (Å²) in [6.45, 7) is 0.559. The second-order valence-corrected chi connectivity index (χ2v) is 5.29. The molecular weight excluding hydrogens is 322 g/mol. The van der Waals surface area contributed by atoms with Crippen molar-refractivity contribution in [2.24, 2.45) is 7.05 Å². The maximum atomic E-state index is 12.1. The van der Waals surface area contributed by atoms with Gasteiger partial charge in [-0.05, 0) is 30.2 Å². The molecule has 1 aromatic carbocycles. The van der Waals surface area contributed by atoms with Gasteiger partial charge < -0.3 is 10.1 Å². The monoisotopic (exact) mass is 337 g/mol. The molecular formula is C14H16BrN3O2. The number of amides is 1. The van der Waals surface area contributed by atoms with Crippen LogP contribution in [0, 0.1) is 0 Å². The van der Waals surface area contributed by atoms with E-state index in [0.29, 0.717) is 17.9 Å². The number of hydrogen-bond acceptors (Lipinski definition) is 3. The van der Waals surface area contributed by atoms with Gasteiger partial charge in [0, 0.05) is 24.3 Å². The van der Waals surface area contributed by atoms with E-state index in [1.807, 2.05) is 19.3 Å². The maximum Gasteiger partial charge on any atom is 0.255 e. The second kappa shape index (κ2) is 6.56. The molecule has 1 N–H and O–H groups in total. The smallest absolute Gasteiger partial charge is 0.255 e. The minimum atomic E-state index is -0.141. The van der Waals surface area contributed by atoms with Gasteiger partial charge >= 0.3 is 0 Å². The molecule has 0 unspecified atom stereocenters. The van der Waals surface area contributed by atoms with Gasteiger partial charge in [0.15, 0.2) is 0 Å². The number of nitrogens with zero attached hydrogens (tertiary/aromatic N) is 2. The standard InChI is InChI=1S/C14H16BrN3O2/c1-18-9-10(8-17-18)5-6-16-14(19)12-4-3-11(15)7-13(12)20-2/h3-4,7-9H,5-6H2,1-2H3,(H,16,19). The summed E-state index contributed by atoms with van der Waals surface area (Å²) < 4.78 is 7.83. The Balaban J connectivity index is 1.95. The van der Waals surface area contributed by atoms with E-state index in [0.717, 1.165) is 16.5 Å². The molecule has 0 aliphatic carbocycles. The highest BCUT2D eigenvalue weighted by atomic mass is 79.9. The summed E-state index contributed by atoms with van der Waals surface area (Å²) in [5.74, 6) is 0.413. The van der Waals surface area contributed by atoms with Crippen LogP contribution >= 0.6 is 15.9 Å². The molecule has 1 heterocycles. The Morgan fingerprint density at radius 1 is 1.50 bits per heavy atom. The van der Waals surface area contributed by atoms with E-state index in [1.54, 1.807) is 30.1 Å². The molecule has 2 rings (SSSR count). The van der Waals surface area contributed by atoms with Crippen molar-refractivity contribution in [1.82, 2.24) is 15.1 Å². The van der Waals surface area contributed by atoms with Gasteiger partial charge in [-0.3, -0.25) is 9.48 Å². The normalized spacial score (nSPS) is 10.3. The summed E-state index contributed by atoms with van der Waals surface area (Å²) in [4.78, 5) is 12.1. The number of rotatable bonds is 5. The van der Waals surface area contributed by atoms with Crippen LogP contribution in [-0.2, 0) is 13.5 Å². The van der Waals surface area contributed by atoms with E-state index in [1.165, 1.54) is 0 Å². The van der Waals surface area contributed by atoms with Gasteiger partial charge in [0.25, 0.3) is 5.91 Å². The van der Waals surface area contributed by atoms with Gasteiger partial charge in [-0.15, -0.1) is 0 Å². The number of nitrogens with one attached hydrogen (secondary N) is 1. The van der Waals surface area contributed by atoms with Crippen LogP contribution in [0.4, 0.5) is 0 Å². The predicted molar refractivity (Wildman–Crippen MR) is 79.9 cm³/mol. The van der Waals surface area contributed by atoms with Crippen molar-refractivity contribution < 1.29 is 9.53 Å². The van der Waals surface area contributed by atoms with Gasteiger partial charge in [-0.2, -0.15) is 5.10 Å². The van der Waals surface area contributed by atoms with Crippen LogP contribution in [0.5, 0.6) is 5.75 Å². The third kappa shape index (κ3) is 3.60. The molecule has 0 saturated heterocycles. The fourth-order valence-corrected chi connectivity index (χ4v) is 2.21. The third-order valence-corrected chi connectivity index (χ3v) is 3.36. The molecule has 1 aromatic heterocycles. The number of hydrogen-bond donors (Lipinski definition) is 1. The molecule has 2 aromatic rings. The lowest BCUT2D eigenvalue weighted by atomic mass is 10.2. The van der Waals surface area contributed by atoms with Crippen molar-refractivity contribution in [2.75, 3.05) is 13.7 Å². The van der Waals surface area contributed by atoms with Gasteiger partial charge in [-0.1, -0.05) is 15.9 Å². The third-order valence-electron chi connectivity index (χ3n) is 2.87. The van der Waals surface area contributed by atoms with Crippen molar-refractivity contribution in [3.8, 4) is 5.75 Å². The first-order valence-electron chi connectivity index (χ1n) is 6.19. The minimum absolute atomic E-state index is 0.141. The summed E-state index contributed by atoms with van der Waals surface area (Å²) in [6, 6.07) is 5.33. The van der Waals surface area contributed by atoms with E-state index in [-0.39, 0.29) is 5.91 Å². The number of ether oxygens (including phenoxy) is 1. The highest BCUT2D eigenvalue weighted by molar-refractivity contribution is 9.10. The molecule has 6 heteroatoms. The number of halogens is 1. The molecule has 0 fully saturated rings. The summed E-state index contributed by atoms with van der Waals surface area (Å²) in [6.07, 6.45) is 4.48. The van der Waals surface area contributed by atoms with Crippen LogP contribution < -0.4 is 10.1 Å². The Hall–Kier alpha value is -1.82. The first-order valence-corrected chi connectivity index (χ1v) is 6.98. The molecule has 0 atom stereocenters.